The van der Waals surface area contributed by atoms with Crippen molar-refractivity contribution in [1.82, 2.24) is 14.9 Å². The van der Waals surface area contributed by atoms with E-state index in [0.717, 1.165) is 25.1 Å². The summed E-state index contributed by atoms with van der Waals surface area (Å²) in [4.78, 5) is 37.1. The van der Waals surface area contributed by atoms with E-state index < -0.39 is 11.9 Å². The molecule has 0 saturated carbocycles. The van der Waals surface area contributed by atoms with Crippen molar-refractivity contribution in [2.75, 3.05) is 30.3 Å². The number of hydrogen-bond acceptors (Lipinski definition) is 6. The van der Waals surface area contributed by atoms with Gasteiger partial charge in [0.15, 0.2) is 0 Å². The van der Waals surface area contributed by atoms with E-state index in [9.17, 15) is 9.59 Å². The average Bonchev–Trinajstić information content (AvgIpc) is 3.18. The number of nitrogen functional groups attached to an aromatic ring is 1. The summed E-state index contributed by atoms with van der Waals surface area (Å²) in [5.41, 5.74) is 13.3. The first kappa shape index (κ1) is 19.6. The number of aromatic nitrogens is 2. The molecule has 0 aliphatic carbocycles. The van der Waals surface area contributed by atoms with Gasteiger partial charge in [0.25, 0.3) is 5.91 Å². The summed E-state index contributed by atoms with van der Waals surface area (Å²) < 4.78 is 0. The van der Waals surface area contributed by atoms with Gasteiger partial charge in [0.1, 0.15) is 11.9 Å². The number of nitrogens with two attached hydrogens (primary N) is 2. The number of hydrogen-bond donors (Lipinski definition) is 2. The van der Waals surface area contributed by atoms with Crippen molar-refractivity contribution in [2.45, 2.75) is 32.7 Å². The lowest BCUT2D eigenvalue weighted by Crippen LogP contribution is -2.43. The van der Waals surface area contributed by atoms with Crippen LogP contribution >= 0.6 is 0 Å². The predicted octanol–water partition coefficient (Wildman–Crippen LogP) is 1.66. The number of benzene rings is 1. The summed E-state index contributed by atoms with van der Waals surface area (Å²) in [6, 6.07) is 8.33. The largest absolute Gasteiger partial charge is 0.384 e. The van der Waals surface area contributed by atoms with Crippen molar-refractivity contribution in [2.24, 2.45) is 5.73 Å². The number of rotatable bonds is 6. The SMILES string of the molecule is CCN(CC)c1nc(N)cc(-c2cccc(C(=O)N3CCC[C@H]3C(N)=O)c2)n1. The van der Waals surface area contributed by atoms with Gasteiger partial charge in [-0.3, -0.25) is 9.59 Å². The number of carbonyl (C=O) groups excluding carboxylic acids is 2. The van der Waals surface area contributed by atoms with Gasteiger partial charge in [-0.2, -0.15) is 4.98 Å². The smallest absolute Gasteiger partial charge is 0.254 e. The van der Waals surface area contributed by atoms with Crippen LogP contribution in [0.5, 0.6) is 0 Å². The molecule has 1 aliphatic rings. The maximum Gasteiger partial charge on any atom is 0.254 e. The molecule has 1 aliphatic heterocycles. The Kier molecular flexibility index (Phi) is 5.77. The number of carbonyl (C=O) groups is 2. The standard InChI is InChI=1S/C20H26N6O2/c1-3-25(4-2)20-23-15(12-17(21)24-20)13-7-5-8-14(11-13)19(28)26-10-6-9-16(26)18(22)27/h5,7-8,11-12,16H,3-4,6,9-10H2,1-2H3,(H2,22,27)(H2,21,23,24)/t16-/m0/s1. The fraction of sp³-hybridized carbons (Fsp3) is 0.400. The number of nitrogens with zero attached hydrogens (tertiary/aromatic N) is 4. The average molecular weight is 382 g/mol. The fourth-order valence-corrected chi connectivity index (χ4v) is 3.53. The van der Waals surface area contributed by atoms with Gasteiger partial charge in [0.2, 0.25) is 11.9 Å². The second kappa shape index (κ2) is 8.24. The Bertz CT molecular complexity index is 881. The van der Waals surface area contributed by atoms with E-state index in [0.29, 0.717) is 36.0 Å². The molecular weight excluding hydrogens is 356 g/mol. The topological polar surface area (TPSA) is 118 Å². The van der Waals surface area contributed by atoms with Gasteiger partial charge in [0.05, 0.1) is 5.69 Å². The molecule has 0 spiro atoms. The van der Waals surface area contributed by atoms with E-state index in [-0.39, 0.29) is 5.91 Å². The molecule has 28 heavy (non-hydrogen) atoms. The zero-order valence-electron chi connectivity index (χ0n) is 16.3. The van der Waals surface area contributed by atoms with Crippen LogP contribution in [-0.4, -0.2) is 52.4 Å². The third kappa shape index (κ3) is 3.90. The Morgan fingerprint density at radius 2 is 1.96 bits per heavy atom. The molecule has 8 heteroatoms. The number of likely N-dealkylation sites (tertiary alicyclic amines) is 1. The van der Waals surface area contributed by atoms with Gasteiger partial charge in [-0.25, -0.2) is 4.98 Å². The molecule has 2 aromatic rings. The van der Waals surface area contributed by atoms with Crippen LogP contribution in [0.1, 0.15) is 37.0 Å². The first-order valence-corrected chi connectivity index (χ1v) is 9.54. The van der Waals surface area contributed by atoms with Crippen molar-refractivity contribution in [1.29, 1.82) is 0 Å². The Morgan fingerprint density at radius 1 is 1.21 bits per heavy atom. The van der Waals surface area contributed by atoms with Crippen molar-refractivity contribution >= 4 is 23.6 Å². The Balaban J connectivity index is 1.94. The lowest BCUT2D eigenvalue weighted by molar-refractivity contribution is -0.121. The minimum atomic E-state index is -0.542. The third-order valence-electron chi connectivity index (χ3n) is 5.03. The van der Waals surface area contributed by atoms with E-state index in [2.05, 4.69) is 9.97 Å². The lowest BCUT2D eigenvalue weighted by atomic mass is 10.1. The Morgan fingerprint density at radius 3 is 2.64 bits per heavy atom. The van der Waals surface area contributed by atoms with E-state index in [1.165, 1.54) is 0 Å². The summed E-state index contributed by atoms with van der Waals surface area (Å²) in [6.45, 7) is 6.12. The lowest BCUT2D eigenvalue weighted by Gasteiger charge is -2.22. The monoisotopic (exact) mass is 382 g/mol. The van der Waals surface area contributed by atoms with Gasteiger partial charge < -0.3 is 21.3 Å². The molecule has 0 unspecified atom stereocenters. The zero-order chi connectivity index (χ0) is 20.3. The summed E-state index contributed by atoms with van der Waals surface area (Å²) in [5, 5.41) is 0. The highest BCUT2D eigenvalue weighted by Crippen LogP contribution is 2.25. The third-order valence-corrected chi connectivity index (χ3v) is 5.03. The number of amides is 2. The Labute approximate surface area is 164 Å². The maximum atomic E-state index is 12.9. The van der Waals surface area contributed by atoms with Gasteiger partial charge in [-0.15, -0.1) is 0 Å². The van der Waals surface area contributed by atoms with E-state index in [4.69, 9.17) is 11.5 Å². The van der Waals surface area contributed by atoms with Gasteiger partial charge >= 0.3 is 0 Å². The highest BCUT2D eigenvalue weighted by molar-refractivity contribution is 5.98. The molecule has 3 rings (SSSR count). The van der Waals surface area contributed by atoms with Crippen LogP contribution in [0.15, 0.2) is 30.3 Å². The summed E-state index contributed by atoms with van der Waals surface area (Å²) in [7, 11) is 0. The predicted molar refractivity (Wildman–Crippen MR) is 109 cm³/mol. The van der Waals surface area contributed by atoms with Gasteiger partial charge in [0, 0.05) is 36.8 Å². The van der Waals surface area contributed by atoms with Crippen LogP contribution in [0.25, 0.3) is 11.3 Å². The molecule has 1 saturated heterocycles. The molecule has 1 aromatic carbocycles. The summed E-state index contributed by atoms with van der Waals surface area (Å²) in [5.74, 6) is 0.269. The summed E-state index contributed by atoms with van der Waals surface area (Å²) >= 11 is 0. The highest BCUT2D eigenvalue weighted by Gasteiger charge is 2.33. The molecule has 0 radical (unpaired) electrons. The highest BCUT2D eigenvalue weighted by atomic mass is 16.2. The van der Waals surface area contributed by atoms with Crippen molar-refractivity contribution in [3.8, 4) is 11.3 Å². The van der Waals surface area contributed by atoms with Crippen LogP contribution in [0.3, 0.4) is 0 Å². The normalized spacial score (nSPS) is 16.2. The van der Waals surface area contributed by atoms with E-state index in [1.807, 2.05) is 24.8 Å². The molecule has 2 amide bonds. The van der Waals surface area contributed by atoms with Crippen LogP contribution in [-0.2, 0) is 4.79 Å². The zero-order valence-corrected chi connectivity index (χ0v) is 16.3. The minimum Gasteiger partial charge on any atom is -0.384 e. The first-order chi connectivity index (χ1) is 13.4. The van der Waals surface area contributed by atoms with E-state index >= 15 is 0 Å². The van der Waals surface area contributed by atoms with E-state index in [1.54, 1.807) is 29.2 Å². The van der Waals surface area contributed by atoms with Gasteiger partial charge in [-0.1, -0.05) is 12.1 Å². The van der Waals surface area contributed by atoms with Crippen molar-refractivity contribution in [3.05, 3.63) is 35.9 Å². The molecule has 1 fully saturated rings. The molecule has 2 heterocycles. The molecule has 148 valence electrons. The maximum absolute atomic E-state index is 12.9. The summed E-state index contributed by atoms with van der Waals surface area (Å²) in [6.07, 6.45) is 1.38. The van der Waals surface area contributed by atoms with Crippen molar-refractivity contribution < 1.29 is 9.59 Å². The molecule has 8 nitrogen and oxygen atoms in total. The molecule has 1 aromatic heterocycles. The van der Waals surface area contributed by atoms with Crippen LogP contribution in [0, 0.1) is 0 Å². The number of primary amides is 1. The Hall–Kier alpha value is -3.16. The van der Waals surface area contributed by atoms with Crippen LogP contribution in [0.2, 0.25) is 0 Å². The number of anilines is 2. The second-order valence-electron chi connectivity index (χ2n) is 6.79. The molecular formula is C20H26N6O2. The molecule has 4 N–H and O–H groups in total. The van der Waals surface area contributed by atoms with Crippen molar-refractivity contribution in [3.63, 3.8) is 0 Å². The van der Waals surface area contributed by atoms with Crippen LogP contribution < -0.4 is 16.4 Å². The minimum absolute atomic E-state index is 0.200. The van der Waals surface area contributed by atoms with Crippen LogP contribution in [0.4, 0.5) is 11.8 Å². The molecule has 0 bridgehead atoms. The first-order valence-electron chi connectivity index (χ1n) is 9.54. The quantitative estimate of drug-likeness (QED) is 0.784. The molecule has 1 atom stereocenters. The second-order valence-corrected chi connectivity index (χ2v) is 6.79. The fourth-order valence-electron chi connectivity index (χ4n) is 3.53. The van der Waals surface area contributed by atoms with Gasteiger partial charge in [-0.05, 0) is 38.8 Å².